The number of aliphatic hydroxyl groups excluding tert-OH is 1. The fraction of sp³-hybridized carbons (Fsp3) is 0.455. The van der Waals surface area contributed by atoms with E-state index < -0.39 is 17.4 Å². The zero-order chi connectivity index (χ0) is 21.0. The molecule has 1 aromatic carbocycles. The summed E-state index contributed by atoms with van der Waals surface area (Å²) in [5, 5.41) is 26.5. The maximum absolute atomic E-state index is 13.1. The molecule has 7 nitrogen and oxygen atoms in total. The van der Waals surface area contributed by atoms with E-state index in [0.29, 0.717) is 23.4 Å². The number of carbonyl (C=O) groups excluding carboxylic acids is 2. The first-order valence-electron chi connectivity index (χ1n) is 10.0. The van der Waals surface area contributed by atoms with Crippen molar-refractivity contribution in [3.63, 3.8) is 0 Å². The van der Waals surface area contributed by atoms with Crippen LogP contribution in [0.1, 0.15) is 31.7 Å². The Bertz CT molecular complexity index is 816. The van der Waals surface area contributed by atoms with Crippen molar-refractivity contribution in [2.75, 3.05) is 29.9 Å². The first-order valence-corrected chi connectivity index (χ1v) is 10.0. The van der Waals surface area contributed by atoms with Gasteiger partial charge in [0.1, 0.15) is 0 Å². The third kappa shape index (κ3) is 3.99. The molecule has 3 rings (SSSR count). The molecule has 0 spiro atoms. The van der Waals surface area contributed by atoms with Gasteiger partial charge in [0.2, 0.25) is 5.91 Å². The average Bonchev–Trinajstić information content (AvgIpc) is 3.32. The lowest BCUT2D eigenvalue weighted by Crippen LogP contribution is -2.44. The second-order valence-electron chi connectivity index (χ2n) is 7.57. The third-order valence-electron chi connectivity index (χ3n) is 5.60. The minimum absolute atomic E-state index is 0.000152. The number of carbonyl (C=O) groups is 2. The first kappa shape index (κ1) is 21.2. The molecule has 0 aliphatic carbocycles. The second kappa shape index (κ2) is 8.90. The van der Waals surface area contributed by atoms with Crippen LogP contribution >= 0.6 is 0 Å². The van der Waals surface area contributed by atoms with E-state index in [1.807, 2.05) is 0 Å². The Morgan fingerprint density at radius 2 is 2.31 bits per heavy atom. The highest BCUT2D eigenvalue weighted by Crippen LogP contribution is 2.46. The Balaban J connectivity index is 1.94. The number of nitrogens with one attached hydrogen (secondary N) is 2. The number of nitrogens with zero attached hydrogens (tertiary/aromatic N) is 1. The third-order valence-corrected chi connectivity index (χ3v) is 5.60. The lowest BCUT2D eigenvalue weighted by Gasteiger charge is -2.27. The molecule has 0 unspecified atom stereocenters. The second-order valence-corrected chi connectivity index (χ2v) is 7.57. The molecule has 1 aromatic rings. The Kier molecular flexibility index (Phi) is 6.52. The molecule has 156 valence electrons. The van der Waals surface area contributed by atoms with E-state index in [-0.39, 0.29) is 25.1 Å². The van der Waals surface area contributed by atoms with Crippen LogP contribution in [0.4, 0.5) is 11.4 Å². The number of benzene rings is 1. The molecule has 29 heavy (non-hydrogen) atoms. The number of hydrogen-bond acceptors (Lipinski definition) is 5. The van der Waals surface area contributed by atoms with Crippen LogP contribution in [0.25, 0.3) is 0 Å². The van der Waals surface area contributed by atoms with Crippen LogP contribution in [0, 0.1) is 5.92 Å². The minimum atomic E-state index is -1.75. The van der Waals surface area contributed by atoms with Gasteiger partial charge in [0.25, 0.3) is 5.91 Å². The van der Waals surface area contributed by atoms with E-state index in [1.165, 1.54) is 4.90 Å². The van der Waals surface area contributed by atoms with Crippen molar-refractivity contribution >= 4 is 23.2 Å². The summed E-state index contributed by atoms with van der Waals surface area (Å²) in [7, 11) is 0. The number of aliphatic hydroxyl groups is 2. The molecule has 2 heterocycles. The van der Waals surface area contributed by atoms with Crippen molar-refractivity contribution in [1.82, 2.24) is 5.32 Å². The van der Waals surface area contributed by atoms with Gasteiger partial charge in [-0.3, -0.25) is 9.59 Å². The van der Waals surface area contributed by atoms with Crippen LogP contribution in [-0.4, -0.2) is 47.8 Å². The van der Waals surface area contributed by atoms with Crippen molar-refractivity contribution < 1.29 is 19.8 Å². The minimum Gasteiger partial charge on any atom is -0.396 e. The fourth-order valence-electron chi connectivity index (χ4n) is 3.99. The van der Waals surface area contributed by atoms with Gasteiger partial charge in [-0.15, -0.1) is 6.58 Å². The molecule has 0 bridgehead atoms. The predicted molar refractivity (Wildman–Crippen MR) is 113 cm³/mol. The summed E-state index contributed by atoms with van der Waals surface area (Å²) < 4.78 is 0. The highest BCUT2D eigenvalue weighted by Gasteiger charge is 2.52. The van der Waals surface area contributed by atoms with Crippen LogP contribution in [-0.2, 0) is 15.2 Å². The van der Waals surface area contributed by atoms with E-state index in [2.05, 4.69) is 17.2 Å². The van der Waals surface area contributed by atoms with Crippen LogP contribution < -0.4 is 15.5 Å². The highest BCUT2D eigenvalue weighted by molar-refractivity contribution is 6.08. The molecular weight excluding hydrogens is 370 g/mol. The molecule has 4 N–H and O–H groups in total. The molecule has 1 fully saturated rings. The summed E-state index contributed by atoms with van der Waals surface area (Å²) >= 11 is 0. The van der Waals surface area contributed by atoms with Crippen molar-refractivity contribution in [3.05, 3.63) is 48.6 Å². The lowest BCUT2D eigenvalue weighted by molar-refractivity contribution is -0.139. The van der Waals surface area contributed by atoms with Crippen LogP contribution in [0.15, 0.2) is 43.0 Å². The Morgan fingerprint density at radius 3 is 2.97 bits per heavy atom. The van der Waals surface area contributed by atoms with E-state index in [9.17, 15) is 14.7 Å². The predicted octanol–water partition coefficient (Wildman–Crippen LogP) is 1.67. The molecule has 0 aromatic heterocycles. The first-order chi connectivity index (χ1) is 13.9. The standard InChI is InChI=1S/C22H29N3O4/c1-3-12-25-19-10-9-16(24-20(27)18-8-6-11-23-18)14-17(19)22(29,21(25)28)15(2)7-4-5-13-26/h3-4,7,9-10,14-15,18,23,26,29H,1,5-6,8,11-13H2,2H3,(H,24,27)/b7-4+/t15-,18-,22+/m1/s1. The quantitative estimate of drug-likeness (QED) is 0.498. The fourth-order valence-corrected chi connectivity index (χ4v) is 3.99. The number of rotatable bonds is 8. The van der Waals surface area contributed by atoms with E-state index in [0.717, 1.165) is 19.4 Å². The van der Waals surface area contributed by atoms with Gasteiger partial charge >= 0.3 is 0 Å². The van der Waals surface area contributed by atoms with Gasteiger partial charge in [0.05, 0.1) is 11.7 Å². The monoisotopic (exact) mass is 399 g/mol. The maximum atomic E-state index is 13.1. The lowest BCUT2D eigenvalue weighted by atomic mass is 9.82. The summed E-state index contributed by atoms with van der Waals surface area (Å²) in [4.78, 5) is 27.1. The van der Waals surface area contributed by atoms with E-state index >= 15 is 0 Å². The topological polar surface area (TPSA) is 102 Å². The molecule has 2 aliphatic rings. The molecule has 3 atom stereocenters. The summed E-state index contributed by atoms with van der Waals surface area (Å²) in [6.45, 7) is 6.57. The zero-order valence-corrected chi connectivity index (χ0v) is 16.7. The van der Waals surface area contributed by atoms with Gasteiger partial charge in [-0.05, 0) is 44.0 Å². The smallest absolute Gasteiger partial charge is 0.264 e. The number of anilines is 2. The Morgan fingerprint density at radius 1 is 1.52 bits per heavy atom. The van der Waals surface area contributed by atoms with Gasteiger partial charge in [-0.1, -0.05) is 25.2 Å². The molecule has 2 aliphatic heterocycles. The van der Waals surface area contributed by atoms with Gasteiger partial charge in [-0.2, -0.15) is 0 Å². The van der Waals surface area contributed by atoms with Crippen molar-refractivity contribution in [3.8, 4) is 0 Å². The summed E-state index contributed by atoms with van der Waals surface area (Å²) in [5.74, 6) is -1.05. The molecule has 7 heteroatoms. The molecule has 1 saturated heterocycles. The largest absolute Gasteiger partial charge is 0.396 e. The van der Waals surface area contributed by atoms with Gasteiger partial charge < -0.3 is 25.7 Å². The highest BCUT2D eigenvalue weighted by atomic mass is 16.3. The molecule has 0 saturated carbocycles. The number of amides is 2. The van der Waals surface area contributed by atoms with Crippen LogP contribution in [0.2, 0.25) is 0 Å². The van der Waals surface area contributed by atoms with Gasteiger partial charge in [-0.25, -0.2) is 0 Å². The van der Waals surface area contributed by atoms with Crippen LogP contribution in [0.5, 0.6) is 0 Å². The molecule has 0 radical (unpaired) electrons. The summed E-state index contributed by atoms with van der Waals surface area (Å²) in [6.07, 6.45) is 7.30. The average molecular weight is 399 g/mol. The van der Waals surface area contributed by atoms with Crippen molar-refractivity contribution in [2.45, 2.75) is 37.8 Å². The SMILES string of the molecule is C=CCN1C(=O)[C@](O)([C@H](C)/C=C/CCO)c2cc(NC(=O)[C@H]3CCCN3)ccc21. The maximum Gasteiger partial charge on any atom is 0.264 e. The number of hydrogen-bond donors (Lipinski definition) is 4. The van der Waals surface area contributed by atoms with Crippen LogP contribution in [0.3, 0.4) is 0 Å². The van der Waals surface area contributed by atoms with Crippen molar-refractivity contribution in [1.29, 1.82) is 0 Å². The normalized spacial score (nSPS) is 24.7. The summed E-state index contributed by atoms with van der Waals surface area (Å²) in [5.41, 5.74) is -0.142. The number of fused-ring (bicyclic) bond motifs is 1. The van der Waals surface area contributed by atoms with Gasteiger partial charge in [0.15, 0.2) is 5.60 Å². The van der Waals surface area contributed by atoms with E-state index in [4.69, 9.17) is 5.11 Å². The van der Waals surface area contributed by atoms with Gasteiger partial charge in [0, 0.05) is 30.3 Å². The van der Waals surface area contributed by atoms with Crippen molar-refractivity contribution in [2.24, 2.45) is 5.92 Å². The molecule has 2 amide bonds. The molecular formula is C22H29N3O4. The summed E-state index contributed by atoms with van der Waals surface area (Å²) in [6, 6.07) is 4.95. The zero-order valence-electron chi connectivity index (χ0n) is 16.7. The Labute approximate surface area is 171 Å². The Hall–Kier alpha value is -2.48. The van der Waals surface area contributed by atoms with E-state index in [1.54, 1.807) is 43.4 Å².